The maximum absolute atomic E-state index is 13.8. The second kappa shape index (κ2) is 10.8. The van der Waals surface area contributed by atoms with Gasteiger partial charge < -0.3 is 19.6 Å². The number of hydrogen-bond donors (Lipinski definition) is 1. The third kappa shape index (κ3) is 5.19. The molecule has 0 spiro atoms. The van der Waals surface area contributed by atoms with Crippen molar-refractivity contribution in [1.29, 1.82) is 0 Å². The molecule has 0 bridgehead atoms. The molecule has 1 fully saturated rings. The lowest BCUT2D eigenvalue weighted by molar-refractivity contribution is -0.172. The molecule has 184 valence electrons. The summed E-state index contributed by atoms with van der Waals surface area (Å²) < 4.78 is 6.16. The van der Waals surface area contributed by atoms with Crippen LogP contribution in [0, 0.1) is 0 Å². The molecule has 1 aliphatic rings. The van der Waals surface area contributed by atoms with Crippen LogP contribution < -0.4 is 0 Å². The number of benzene rings is 2. The van der Waals surface area contributed by atoms with Crippen molar-refractivity contribution in [2.75, 3.05) is 26.3 Å². The number of thiophene rings is 1. The van der Waals surface area contributed by atoms with Gasteiger partial charge in [-0.1, -0.05) is 41.9 Å². The van der Waals surface area contributed by atoms with Crippen molar-refractivity contribution >= 4 is 50.8 Å². The third-order valence-electron chi connectivity index (χ3n) is 6.33. The molecule has 4 rings (SSSR count). The molecule has 3 aromatic rings. The van der Waals surface area contributed by atoms with Crippen LogP contribution in [0.5, 0.6) is 0 Å². The number of aliphatic hydroxyl groups is 1. The van der Waals surface area contributed by atoms with Gasteiger partial charge >= 0.3 is 5.97 Å². The van der Waals surface area contributed by atoms with Gasteiger partial charge in [0.05, 0.1) is 19.6 Å². The van der Waals surface area contributed by atoms with Crippen LogP contribution in [-0.2, 0) is 32.1 Å². The van der Waals surface area contributed by atoms with Gasteiger partial charge in [0.1, 0.15) is 12.1 Å². The minimum atomic E-state index is -1.40. The summed E-state index contributed by atoms with van der Waals surface area (Å²) in [6.45, 7) is 1.55. The summed E-state index contributed by atoms with van der Waals surface area (Å²) in [5.74, 6) is -1.26. The summed E-state index contributed by atoms with van der Waals surface area (Å²) in [6.07, 6.45) is 0.451. The molecule has 2 amide bonds. The number of ether oxygens (including phenoxy) is 1. The van der Waals surface area contributed by atoms with E-state index in [1.54, 1.807) is 42.5 Å². The number of aliphatic hydroxyl groups excluding tert-OH is 1. The number of likely N-dealkylation sites (tertiary alicyclic amines) is 1. The molecule has 2 aromatic carbocycles. The summed E-state index contributed by atoms with van der Waals surface area (Å²) in [4.78, 5) is 42.1. The lowest BCUT2D eigenvalue weighted by atomic mass is 9.82. The van der Waals surface area contributed by atoms with Gasteiger partial charge in [-0.25, -0.2) is 0 Å². The van der Waals surface area contributed by atoms with E-state index in [1.165, 1.54) is 9.80 Å². The van der Waals surface area contributed by atoms with Crippen LogP contribution in [0.15, 0.2) is 53.9 Å². The van der Waals surface area contributed by atoms with Crippen LogP contribution in [0.4, 0.5) is 0 Å². The predicted molar refractivity (Wildman–Crippen MR) is 135 cm³/mol. The highest BCUT2D eigenvalue weighted by Crippen LogP contribution is 2.35. The SMILES string of the molecule is CCOC(=O)CN(Cc1ccc(Cl)cc1)C(=O)C1(CO)CCN1C(=O)Cc1csc2ccccc12. The monoisotopic (exact) mass is 514 g/mol. The Morgan fingerprint density at radius 1 is 1.17 bits per heavy atom. The second-order valence-corrected chi connectivity index (χ2v) is 9.86. The van der Waals surface area contributed by atoms with Crippen LogP contribution in [0.3, 0.4) is 0 Å². The van der Waals surface area contributed by atoms with Gasteiger partial charge in [-0.05, 0) is 53.4 Å². The number of carbonyl (C=O) groups is 3. The summed E-state index contributed by atoms with van der Waals surface area (Å²) in [7, 11) is 0. The molecule has 1 aromatic heterocycles. The summed E-state index contributed by atoms with van der Waals surface area (Å²) in [5, 5.41) is 13.9. The maximum atomic E-state index is 13.8. The number of nitrogens with zero attached hydrogens (tertiary/aromatic N) is 2. The van der Waals surface area contributed by atoms with Crippen molar-refractivity contribution in [2.45, 2.75) is 31.8 Å². The number of halogens is 1. The Kier molecular flexibility index (Phi) is 7.74. The molecule has 0 saturated carbocycles. The molecule has 0 aliphatic carbocycles. The smallest absolute Gasteiger partial charge is 0.325 e. The molecular weight excluding hydrogens is 488 g/mol. The van der Waals surface area contributed by atoms with E-state index in [1.807, 2.05) is 29.6 Å². The minimum Gasteiger partial charge on any atom is -0.465 e. The number of amides is 2. The van der Waals surface area contributed by atoms with E-state index in [4.69, 9.17) is 16.3 Å². The number of carbonyl (C=O) groups excluding carboxylic acids is 3. The molecule has 0 radical (unpaired) electrons. The predicted octanol–water partition coefficient (Wildman–Crippen LogP) is 3.65. The van der Waals surface area contributed by atoms with E-state index in [2.05, 4.69) is 0 Å². The number of esters is 1. The highest BCUT2D eigenvalue weighted by atomic mass is 35.5. The van der Waals surface area contributed by atoms with Crippen LogP contribution in [-0.4, -0.2) is 64.5 Å². The van der Waals surface area contributed by atoms with Gasteiger partial charge in [0.2, 0.25) is 5.91 Å². The summed E-state index contributed by atoms with van der Waals surface area (Å²) in [5.41, 5.74) is 0.260. The molecule has 35 heavy (non-hydrogen) atoms. The topological polar surface area (TPSA) is 87.2 Å². The van der Waals surface area contributed by atoms with E-state index < -0.39 is 24.0 Å². The van der Waals surface area contributed by atoms with E-state index in [-0.39, 0.29) is 32.0 Å². The summed E-state index contributed by atoms with van der Waals surface area (Å²) in [6, 6.07) is 14.8. The molecule has 1 N–H and O–H groups in total. The van der Waals surface area contributed by atoms with E-state index in [0.717, 1.165) is 21.2 Å². The molecule has 1 saturated heterocycles. The Hall–Kier alpha value is -2.94. The van der Waals surface area contributed by atoms with Crippen LogP contribution in [0.2, 0.25) is 5.02 Å². The van der Waals surface area contributed by atoms with Gasteiger partial charge in [0.15, 0.2) is 0 Å². The Morgan fingerprint density at radius 2 is 1.91 bits per heavy atom. The quantitative estimate of drug-likeness (QED) is 0.440. The third-order valence-corrected chi connectivity index (χ3v) is 7.59. The first-order valence-corrected chi connectivity index (χ1v) is 12.7. The van der Waals surface area contributed by atoms with Gasteiger partial charge in [-0.2, -0.15) is 0 Å². The zero-order valence-electron chi connectivity index (χ0n) is 19.4. The van der Waals surface area contributed by atoms with Crippen LogP contribution in [0.25, 0.3) is 10.1 Å². The second-order valence-electron chi connectivity index (χ2n) is 8.51. The average molecular weight is 515 g/mol. The number of hydrogen-bond acceptors (Lipinski definition) is 6. The first-order valence-electron chi connectivity index (χ1n) is 11.4. The molecule has 9 heteroatoms. The number of rotatable bonds is 9. The van der Waals surface area contributed by atoms with E-state index >= 15 is 0 Å². The first kappa shape index (κ1) is 25.2. The number of fused-ring (bicyclic) bond motifs is 1. The van der Waals surface area contributed by atoms with Crippen molar-refractivity contribution in [3.8, 4) is 0 Å². The molecule has 1 aliphatic heterocycles. The molecule has 2 heterocycles. The van der Waals surface area contributed by atoms with Crippen molar-refractivity contribution in [3.63, 3.8) is 0 Å². The maximum Gasteiger partial charge on any atom is 0.325 e. The first-order chi connectivity index (χ1) is 16.9. The van der Waals surface area contributed by atoms with Crippen molar-refractivity contribution in [3.05, 3.63) is 70.1 Å². The van der Waals surface area contributed by atoms with Crippen molar-refractivity contribution < 1.29 is 24.2 Å². The molecule has 1 atom stereocenters. The van der Waals surface area contributed by atoms with Crippen molar-refractivity contribution in [2.24, 2.45) is 0 Å². The largest absolute Gasteiger partial charge is 0.465 e. The zero-order valence-corrected chi connectivity index (χ0v) is 21.0. The van der Waals surface area contributed by atoms with E-state index in [9.17, 15) is 19.5 Å². The summed E-state index contributed by atoms with van der Waals surface area (Å²) >= 11 is 7.55. The average Bonchev–Trinajstić information content (AvgIpc) is 3.23. The standard InChI is InChI=1S/C26H27ClN2O5S/c1-2-34-24(32)15-28(14-18-7-9-20(27)10-8-18)25(33)26(17-30)11-12-29(26)23(31)13-19-16-35-22-6-4-3-5-21(19)22/h3-10,16,30H,2,11-15,17H2,1H3. The van der Waals surface area contributed by atoms with Crippen LogP contribution >= 0.6 is 22.9 Å². The van der Waals surface area contributed by atoms with Crippen molar-refractivity contribution in [1.82, 2.24) is 9.80 Å². The lowest BCUT2D eigenvalue weighted by Crippen LogP contribution is -2.71. The minimum absolute atomic E-state index is 0.119. The molecular formula is C26H27ClN2O5S. The van der Waals surface area contributed by atoms with Crippen LogP contribution in [0.1, 0.15) is 24.5 Å². The fourth-order valence-electron chi connectivity index (χ4n) is 4.41. The van der Waals surface area contributed by atoms with E-state index in [0.29, 0.717) is 18.0 Å². The Labute approximate surface area is 212 Å². The fraction of sp³-hybridized carbons (Fsp3) is 0.346. The Morgan fingerprint density at radius 3 is 2.57 bits per heavy atom. The molecule has 1 unspecified atom stereocenters. The highest BCUT2D eigenvalue weighted by molar-refractivity contribution is 7.17. The van der Waals surface area contributed by atoms with Gasteiger partial charge in [0, 0.05) is 22.8 Å². The lowest BCUT2D eigenvalue weighted by Gasteiger charge is -2.51. The molecule has 7 nitrogen and oxygen atoms in total. The van der Waals surface area contributed by atoms with Gasteiger partial charge in [0.25, 0.3) is 5.91 Å². The normalized spacial score (nSPS) is 17.2. The Bertz CT molecular complexity index is 1220. The van der Waals surface area contributed by atoms with Gasteiger partial charge in [-0.3, -0.25) is 14.4 Å². The zero-order chi connectivity index (χ0) is 25.0. The Balaban J connectivity index is 1.56. The van der Waals surface area contributed by atoms with Gasteiger partial charge in [-0.15, -0.1) is 11.3 Å². The fourth-order valence-corrected chi connectivity index (χ4v) is 5.49. The highest BCUT2D eigenvalue weighted by Gasteiger charge is 2.54.